The van der Waals surface area contributed by atoms with Crippen molar-refractivity contribution in [2.24, 2.45) is 5.92 Å². The molecule has 2 rings (SSSR count). The molecule has 20 heavy (non-hydrogen) atoms. The van der Waals surface area contributed by atoms with Gasteiger partial charge in [0.25, 0.3) is 0 Å². The summed E-state index contributed by atoms with van der Waals surface area (Å²) in [5.41, 5.74) is 5.69. The summed E-state index contributed by atoms with van der Waals surface area (Å²) in [6.45, 7) is 5.64. The Bertz CT molecular complexity index is 555. The second-order valence-corrected chi connectivity index (χ2v) is 6.85. The molecule has 114 valence electrons. The largest absolute Gasteiger partial charge is 0.381 e. The lowest BCUT2D eigenvalue weighted by atomic mass is 10.0. The molecule has 1 aromatic heterocycles. The number of sulfonamides is 1. The van der Waals surface area contributed by atoms with E-state index >= 15 is 0 Å². The van der Waals surface area contributed by atoms with Gasteiger partial charge in [0.2, 0.25) is 10.0 Å². The van der Waals surface area contributed by atoms with Crippen molar-refractivity contribution in [2.75, 3.05) is 18.9 Å². The molecule has 0 bridgehead atoms. The summed E-state index contributed by atoms with van der Waals surface area (Å²) in [4.78, 5) is 0.0533. The summed E-state index contributed by atoms with van der Waals surface area (Å²) in [5, 5.41) is 4.01. The first kappa shape index (κ1) is 15.3. The third kappa shape index (κ3) is 3.31. The van der Waals surface area contributed by atoms with Gasteiger partial charge in [0.05, 0.1) is 6.10 Å². The van der Waals surface area contributed by atoms with Gasteiger partial charge < -0.3 is 10.5 Å². The Hall–Kier alpha value is -1.12. The highest BCUT2D eigenvalue weighted by Crippen LogP contribution is 2.21. The standard InChI is InChI=1S/C12H22N4O3S/c1-3-5-16-8-11(12(13)15-16)20(17,18)14-7-10-4-6-19-9(10)2/h8-10,14H,3-7H2,1-2H3,(H2,13,15). The quantitative estimate of drug-likeness (QED) is 0.800. The van der Waals surface area contributed by atoms with E-state index in [1.54, 1.807) is 4.68 Å². The molecule has 1 saturated heterocycles. The Morgan fingerprint density at radius 3 is 2.95 bits per heavy atom. The average molecular weight is 302 g/mol. The smallest absolute Gasteiger partial charge is 0.245 e. The molecule has 1 aliphatic heterocycles. The van der Waals surface area contributed by atoms with Gasteiger partial charge in [-0.2, -0.15) is 5.10 Å². The molecule has 0 spiro atoms. The van der Waals surface area contributed by atoms with Gasteiger partial charge >= 0.3 is 0 Å². The molecule has 8 heteroatoms. The van der Waals surface area contributed by atoms with Crippen LogP contribution in [0.5, 0.6) is 0 Å². The van der Waals surface area contributed by atoms with E-state index in [-0.39, 0.29) is 22.7 Å². The predicted octanol–water partition coefficient (Wildman–Crippen LogP) is 0.579. The molecular weight excluding hydrogens is 280 g/mol. The molecule has 7 nitrogen and oxygen atoms in total. The molecule has 2 atom stereocenters. The number of ether oxygens (including phenoxy) is 1. The summed E-state index contributed by atoms with van der Waals surface area (Å²) in [6, 6.07) is 0. The molecule has 1 aliphatic rings. The van der Waals surface area contributed by atoms with Crippen molar-refractivity contribution in [1.82, 2.24) is 14.5 Å². The third-order valence-electron chi connectivity index (χ3n) is 3.57. The van der Waals surface area contributed by atoms with Crippen LogP contribution in [0.1, 0.15) is 26.7 Å². The zero-order valence-electron chi connectivity index (χ0n) is 11.9. The Balaban J connectivity index is 2.06. The Labute approximate surface area is 119 Å². The van der Waals surface area contributed by atoms with Gasteiger partial charge in [0, 0.05) is 31.8 Å². The highest BCUT2D eigenvalue weighted by atomic mass is 32.2. The Morgan fingerprint density at radius 2 is 2.35 bits per heavy atom. The molecule has 0 amide bonds. The van der Waals surface area contributed by atoms with Crippen molar-refractivity contribution in [2.45, 2.75) is 44.2 Å². The van der Waals surface area contributed by atoms with Crippen molar-refractivity contribution in [1.29, 1.82) is 0 Å². The minimum absolute atomic E-state index is 0.0432. The lowest BCUT2D eigenvalue weighted by molar-refractivity contribution is 0.107. The molecule has 1 aromatic rings. The second kappa shape index (κ2) is 6.11. The molecule has 0 aromatic carbocycles. The Kier molecular flexibility index (Phi) is 4.66. The zero-order valence-corrected chi connectivity index (χ0v) is 12.7. The molecule has 3 N–H and O–H groups in total. The van der Waals surface area contributed by atoms with Crippen molar-refractivity contribution < 1.29 is 13.2 Å². The van der Waals surface area contributed by atoms with Crippen LogP contribution in [0.25, 0.3) is 0 Å². The van der Waals surface area contributed by atoms with Crippen LogP contribution < -0.4 is 10.5 Å². The van der Waals surface area contributed by atoms with E-state index < -0.39 is 10.0 Å². The van der Waals surface area contributed by atoms with Crippen molar-refractivity contribution >= 4 is 15.8 Å². The highest BCUT2D eigenvalue weighted by Gasteiger charge is 2.27. The first-order chi connectivity index (χ1) is 9.44. The number of rotatable bonds is 6. The van der Waals surface area contributed by atoms with Gasteiger partial charge in [-0.15, -0.1) is 0 Å². The van der Waals surface area contributed by atoms with Gasteiger partial charge in [-0.05, 0) is 19.8 Å². The Morgan fingerprint density at radius 1 is 1.60 bits per heavy atom. The van der Waals surface area contributed by atoms with E-state index in [0.717, 1.165) is 12.8 Å². The number of nitrogens with one attached hydrogen (secondary N) is 1. The number of aryl methyl sites for hydroxylation is 1. The number of nitrogens with two attached hydrogens (primary N) is 1. The van der Waals surface area contributed by atoms with Crippen LogP contribution in [-0.4, -0.2) is 37.5 Å². The summed E-state index contributed by atoms with van der Waals surface area (Å²) in [7, 11) is -3.61. The molecule has 0 saturated carbocycles. The fourth-order valence-corrected chi connectivity index (χ4v) is 3.47. The summed E-state index contributed by atoms with van der Waals surface area (Å²) < 4.78 is 34.1. The maximum atomic E-state index is 12.2. The first-order valence-corrected chi connectivity index (χ1v) is 8.36. The fraction of sp³-hybridized carbons (Fsp3) is 0.750. The monoisotopic (exact) mass is 302 g/mol. The molecule has 2 heterocycles. The molecule has 0 radical (unpaired) electrons. The maximum absolute atomic E-state index is 12.2. The van der Waals surface area contributed by atoms with Crippen LogP contribution in [0, 0.1) is 5.92 Å². The normalized spacial score (nSPS) is 23.3. The van der Waals surface area contributed by atoms with Crippen LogP contribution in [-0.2, 0) is 21.3 Å². The first-order valence-electron chi connectivity index (χ1n) is 6.88. The summed E-state index contributed by atoms with van der Waals surface area (Å²) in [6.07, 6.45) is 3.30. The number of nitrogens with zero attached hydrogens (tertiary/aromatic N) is 2. The van der Waals surface area contributed by atoms with E-state index in [1.165, 1.54) is 6.20 Å². The lowest BCUT2D eigenvalue weighted by Gasteiger charge is -2.14. The van der Waals surface area contributed by atoms with E-state index in [0.29, 0.717) is 19.7 Å². The molecule has 1 fully saturated rings. The third-order valence-corrected chi connectivity index (χ3v) is 5.01. The predicted molar refractivity (Wildman–Crippen MR) is 75.6 cm³/mol. The van der Waals surface area contributed by atoms with Crippen LogP contribution in [0.4, 0.5) is 5.82 Å². The van der Waals surface area contributed by atoms with Gasteiger partial charge in [-0.3, -0.25) is 4.68 Å². The summed E-state index contributed by atoms with van der Waals surface area (Å²) in [5.74, 6) is 0.248. The SMILES string of the molecule is CCCn1cc(S(=O)(=O)NCC2CCOC2C)c(N)n1. The number of aromatic nitrogens is 2. The van der Waals surface area contributed by atoms with Crippen molar-refractivity contribution in [3.05, 3.63) is 6.20 Å². The average Bonchev–Trinajstić information content (AvgIpc) is 2.94. The van der Waals surface area contributed by atoms with Crippen molar-refractivity contribution in [3.8, 4) is 0 Å². The zero-order chi connectivity index (χ0) is 14.8. The van der Waals surface area contributed by atoms with Crippen LogP contribution in [0.2, 0.25) is 0 Å². The van der Waals surface area contributed by atoms with E-state index in [2.05, 4.69) is 9.82 Å². The minimum Gasteiger partial charge on any atom is -0.381 e. The van der Waals surface area contributed by atoms with Gasteiger partial charge in [0.1, 0.15) is 4.90 Å². The number of hydrogen-bond donors (Lipinski definition) is 2. The maximum Gasteiger partial charge on any atom is 0.245 e. The topological polar surface area (TPSA) is 99.2 Å². The van der Waals surface area contributed by atoms with Crippen LogP contribution in [0.15, 0.2) is 11.1 Å². The number of nitrogen functional groups attached to an aromatic ring is 1. The fourth-order valence-electron chi connectivity index (χ4n) is 2.31. The van der Waals surface area contributed by atoms with Gasteiger partial charge in [-0.1, -0.05) is 6.92 Å². The van der Waals surface area contributed by atoms with Crippen LogP contribution >= 0.6 is 0 Å². The highest BCUT2D eigenvalue weighted by molar-refractivity contribution is 7.89. The molecule has 0 aliphatic carbocycles. The van der Waals surface area contributed by atoms with Crippen LogP contribution in [0.3, 0.4) is 0 Å². The number of hydrogen-bond acceptors (Lipinski definition) is 5. The van der Waals surface area contributed by atoms with E-state index in [1.807, 2.05) is 13.8 Å². The molecular formula is C12H22N4O3S. The summed E-state index contributed by atoms with van der Waals surface area (Å²) >= 11 is 0. The number of anilines is 1. The molecule has 2 unspecified atom stereocenters. The van der Waals surface area contributed by atoms with E-state index in [4.69, 9.17) is 10.5 Å². The second-order valence-electron chi connectivity index (χ2n) is 5.12. The lowest BCUT2D eigenvalue weighted by Crippen LogP contribution is -2.32. The van der Waals surface area contributed by atoms with E-state index in [9.17, 15) is 8.42 Å². The van der Waals surface area contributed by atoms with Crippen molar-refractivity contribution in [3.63, 3.8) is 0 Å². The minimum atomic E-state index is -3.61. The van der Waals surface area contributed by atoms with Gasteiger partial charge in [0.15, 0.2) is 5.82 Å². The van der Waals surface area contributed by atoms with Gasteiger partial charge in [-0.25, -0.2) is 13.1 Å².